The van der Waals surface area contributed by atoms with Crippen LogP contribution in [0.5, 0.6) is 5.75 Å². The second-order valence-electron chi connectivity index (χ2n) is 8.17. The van der Waals surface area contributed by atoms with E-state index >= 15 is 0 Å². The molecule has 0 radical (unpaired) electrons. The summed E-state index contributed by atoms with van der Waals surface area (Å²) >= 11 is 0. The molecule has 0 aliphatic carbocycles. The highest BCUT2D eigenvalue weighted by Crippen LogP contribution is 2.27. The number of hydrogen-bond acceptors (Lipinski definition) is 3. The average molecular weight is 430 g/mol. The standard InChI is InChI=1S/C29H23N3O/c1-19-14-26-27(15-20(19)2)32-29(31-26)24(17-30)16-22-9-4-6-13-28(22)33-18-23-11-7-10-21-8-3-5-12-25(21)23/h3-16H,18H2,1-2H3,(H,31,32)/b24-16-. The van der Waals surface area contributed by atoms with Crippen molar-refractivity contribution in [1.29, 1.82) is 5.26 Å². The van der Waals surface area contributed by atoms with Gasteiger partial charge in [0.05, 0.1) is 16.6 Å². The summed E-state index contributed by atoms with van der Waals surface area (Å²) in [5.74, 6) is 1.28. The smallest absolute Gasteiger partial charge is 0.149 e. The fraction of sp³-hybridized carbons (Fsp3) is 0.103. The normalized spacial score (nSPS) is 11.6. The van der Waals surface area contributed by atoms with E-state index in [2.05, 4.69) is 60.2 Å². The Morgan fingerprint density at radius 1 is 0.970 bits per heavy atom. The predicted octanol–water partition coefficient (Wildman–Crippen LogP) is 6.98. The van der Waals surface area contributed by atoms with Gasteiger partial charge in [0.25, 0.3) is 0 Å². The summed E-state index contributed by atoms with van der Waals surface area (Å²) in [6, 6.07) is 28.7. The van der Waals surface area contributed by atoms with E-state index in [9.17, 15) is 5.26 Å². The summed E-state index contributed by atoms with van der Waals surface area (Å²) in [7, 11) is 0. The molecule has 1 aromatic heterocycles. The molecule has 4 heteroatoms. The van der Waals surface area contributed by atoms with E-state index in [4.69, 9.17) is 4.74 Å². The van der Waals surface area contributed by atoms with Gasteiger partial charge in [0, 0.05) is 5.56 Å². The highest BCUT2D eigenvalue weighted by molar-refractivity contribution is 5.91. The van der Waals surface area contributed by atoms with Crippen LogP contribution in [0.2, 0.25) is 0 Å². The first kappa shape index (κ1) is 20.5. The lowest BCUT2D eigenvalue weighted by Crippen LogP contribution is -1.98. The van der Waals surface area contributed by atoms with Crippen molar-refractivity contribution in [3.63, 3.8) is 0 Å². The minimum atomic E-state index is 0.442. The Morgan fingerprint density at radius 2 is 1.73 bits per heavy atom. The maximum atomic E-state index is 9.87. The van der Waals surface area contributed by atoms with E-state index in [1.54, 1.807) is 0 Å². The van der Waals surface area contributed by atoms with Gasteiger partial charge in [-0.1, -0.05) is 60.7 Å². The minimum absolute atomic E-state index is 0.442. The van der Waals surface area contributed by atoms with E-state index in [1.165, 1.54) is 21.9 Å². The summed E-state index contributed by atoms with van der Waals surface area (Å²) in [5.41, 5.74) is 6.56. The number of aryl methyl sites for hydroxylation is 2. The molecule has 1 N–H and O–H groups in total. The number of aromatic amines is 1. The van der Waals surface area contributed by atoms with Crippen molar-refractivity contribution in [3.8, 4) is 11.8 Å². The first-order valence-corrected chi connectivity index (χ1v) is 10.9. The lowest BCUT2D eigenvalue weighted by Gasteiger charge is -2.11. The van der Waals surface area contributed by atoms with Crippen molar-refractivity contribution < 1.29 is 4.74 Å². The molecule has 0 aliphatic rings. The fourth-order valence-corrected chi connectivity index (χ4v) is 4.01. The topological polar surface area (TPSA) is 61.7 Å². The number of nitriles is 1. The van der Waals surface area contributed by atoms with Gasteiger partial charge in [0.15, 0.2) is 0 Å². The number of rotatable bonds is 5. The molecule has 0 amide bonds. The van der Waals surface area contributed by atoms with Gasteiger partial charge >= 0.3 is 0 Å². The zero-order valence-corrected chi connectivity index (χ0v) is 18.6. The summed E-state index contributed by atoms with van der Waals surface area (Å²) in [6.45, 7) is 4.57. The van der Waals surface area contributed by atoms with Gasteiger partial charge in [-0.05, 0) is 65.6 Å². The number of ether oxygens (including phenoxy) is 1. The molecule has 1 heterocycles. The van der Waals surface area contributed by atoms with Gasteiger partial charge in [0.1, 0.15) is 24.3 Å². The highest BCUT2D eigenvalue weighted by atomic mass is 16.5. The molecule has 0 saturated heterocycles. The van der Waals surface area contributed by atoms with Crippen molar-refractivity contribution in [1.82, 2.24) is 9.97 Å². The summed E-state index contributed by atoms with van der Waals surface area (Å²) in [4.78, 5) is 7.94. The van der Waals surface area contributed by atoms with Crippen LogP contribution in [0.1, 0.15) is 28.1 Å². The molecule has 160 valence electrons. The maximum Gasteiger partial charge on any atom is 0.149 e. The number of imidazole rings is 1. The van der Waals surface area contributed by atoms with Crippen LogP contribution in [0.3, 0.4) is 0 Å². The van der Waals surface area contributed by atoms with Crippen LogP contribution < -0.4 is 4.74 Å². The van der Waals surface area contributed by atoms with Crippen LogP contribution in [0.25, 0.3) is 33.5 Å². The van der Waals surface area contributed by atoms with Gasteiger partial charge in [-0.2, -0.15) is 5.26 Å². The fourth-order valence-electron chi connectivity index (χ4n) is 4.01. The van der Waals surface area contributed by atoms with Crippen molar-refractivity contribution >= 4 is 33.5 Å². The predicted molar refractivity (Wildman–Crippen MR) is 134 cm³/mol. The number of nitrogens with zero attached hydrogens (tertiary/aromatic N) is 2. The zero-order chi connectivity index (χ0) is 22.8. The number of allylic oxidation sites excluding steroid dienone is 1. The largest absolute Gasteiger partial charge is 0.488 e. The number of hydrogen-bond donors (Lipinski definition) is 1. The zero-order valence-electron chi connectivity index (χ0n) is 18.6. The molecule has 5 rings (SSSR count). The van der Waals surface area contributed by atoms with Gasteiger partial charge in [-0.15, -0.1) is 0 Å². The van der Waals surface area contributed by atoms with Crippen LogP contribution in [0.4, 0.5) is 0 Å². The van der Waals surface area contributed by atoms with Crippen molar-refractivity contribution in [2.75, 3.05) is 0 Å². The van der Waals surface area contributed by atoms with Crippen LogP contribution in [-0.2, 0) is 6.61 Å². The lowest BCUT2D eigenvalue weighted by molar-refractivity contribution is 0.307. The van der Waals surface area contributed by atoms with Crippen LogP contribution in [-0.4, -0.2) is 9.97 Å². The molecule has 5 aromatic rings. The number of benzene rings is 4. The first-order chi connectivity index (χ1) is 16.1. The van der Waals surface area contributed by atoms with E-state index in [0.717, 1.165) is 27.9 Å². The van der Waals surface area contributed by atoms with E-state index in [-0.39, 0.29) is 0 Å². The molecule has 0 bridgehead atoms. The Balaban J connectivity index is 1.47. The molecular formula is C29H23N3O. The Kier molecular flexibility index (Phi) is 5.38. The number of fused-ring (bicyclic) bond motifs is 2. The Hall–Kier alpha value is -4.36. The molecule has 0 unspecified atom stereocenters. The molecule has 0 aliphatic heterocycles. The third kappa shape index (κ3) is 4.09. The number of para-hydroxylation sites is 1. The SMILES string of the molecule is Cc1cc2nc(/C(C#N)=C\c3ccccc3OCc3cccc4ccccc34)[nH]c2cc1C. The van der Waals surface area contributed by atoms with Crippen molar-refractivity contribution in [3.05, 3.63) is 107 Å². The van der Waals surface area contributed by atoms with Crippen molar-refractivity contribution in [2.45, 2.75) is 20.5 Å². The van der Waals surface area contributed by atoms with Gasteiger partial charge in [-0.25, -0.2) is 4.98 Å². The molecule has 0 saturated carbocycles. The first-order valence-electron chi connectivity index (χ1n) is 10.9. The third-order valence-corrected chi connectivity index (χ3v) is 5.95. The van der Waals surface area contributed by atoms with Crippen molar-refractivity contribution in [2.24, 2.45) is 0 Å². The Bertz CT molecular complexity index is 1510. The number of H-pyrrole nitrogens is 1. The van der Waals surface area contributed by atoms with E-state index in [0.29, 0.717) is 18.0 Å². The molecule has 0 fully saturated rings. The summed E-state index contributed by atoms with van der Waals surface area (Å²) in [6.07, 6.45) is 1.83. The van der Waals surface area contributed by atoms with E-state index in [1.807, 2.05) is 54.6 Å². The van der Waals surface area contributed by atoms with E-state index < -0.39 is 0 Å². The Labute approximate surface area is 192 Å². The minimum Gasteiger partial charge on any atom is -0.488 e. The molecular weight excluding hydrogens is 406 g/mol. The van der Waals surface area contributed by atoms with Gasteiger partial charge in [-0.3, -0.25) is 0 Å². The van der Waals surface area contributed by atoms with Crippen LogP contribution in [0, 0.1) is 25.2 Å². The molecule has 0 atom stereocenters. The van der Waals surface area contributed by atoms with Gasteiger partial charge < -0.3 is 9.72 Å². The average Bonchev–Trinajstić information content (AvgIpc) is 3.24. The van der Waals surface area contributed by atoms with Gasteiger partial charge in [0.2, 0.25) is 0 Å². The second-order valence-corrected chi connectivity index (χ2v) is 8.17. The second kappa shape index (κ2) is 8.64. The molecule has 33 heavy (non-hydrogen) atoms. The Morgan fingerprint density at radius 3 is 2.61 bits per heavy atom. The van der Waals surface area contributed by atoms with Crippen LogP contribution >= 0.6 is 0 Å². The van der Waals surface area contributed by atoms with Crippen LogP contribution in [0.15, 0.2) is 78.9 Å². The third-order valence-electron chi connectivity index (χ3n) is 5.95. The number of aromatic nitrogens is 2. The maximum absolute atomic E-state index is 9.87. The highest BCUT2D eigenvalue weighted by Gasteiger charge is 2.11. The molecule has 0 spiro atoms. The monoisotopic (exact) mass is 429 g/mol. The molecule has 4 aromatic carbocycles. The lowest BCUT2D eigenvalue weighted by atomic mass is 10.1. The number of nitrogens with one attached hydrogen (secondary N) is 1. The molecule has 4 nitrogen and oxygen atoms in total. The summed E-state index contributed by atoms with van der Waals surface area (Å²) in [5, 5.41) is 12.2. The summed E-state index contributed by atoms with van der Waals surface area (Å²) < 4.78 is 6.22. The quantitative estimate of drug-likeness (QED) is 0.307.